The fourth-order valence-corrected chi connectivity index (χ4v) is 3.71. The van der Waals surface area contributed by atoms with Gasteiger partial charge < -0.3 is 14.4 Å². The number of nitrogens with zero attached hydrogens (tertiary/aromatic N) is 3. The summed E-state index contributed by atoms with van der Waals surface area (Å²) in [6, 6.07) is 2.30. The van der Waals surface area contributed by atoms with Crippen molar-refractivity contribution >= 4 is 5.91 Å². The minimum atomic E-state index is -0.370. The highest BCUT2D eigenvalue weighted by atomic mass is 16.5. The van der Waals surface area contributed by atoms with E-state index >= 15 is 0 Å². The molecule has 1 aromatic rings. The minimum absolute atomic E-state index is 0.0146. The third-order valence-corrected chi connectivity index (χ3v) is 4.65. The molecule has 128 valence electrons. The zero-order valence-corrected chi connectivity index (χ0v) is 14.3. The Morgan fingerprint density at radius 1 is 1.43 bits per heavy atom. The lowest BCUT2D eigenvalue weighted by atomic mass is 10.0. The Morgan fingerprint density at radius 2 is 2.17 bits per heavy atom. The van der Waals surface area contributed by atoms with Crippen LogP contribution >= 0.6 is 0 Å². The quantitative estimate of drug-likeness (QED) is 0.853. The number of carbonyl (C=O) groups is 1. The summed E-state index contributed by atoms with van der Waals surface area (Å²) in [5.74, 6) is -0.0146. The molecule has 0 radical (unpaired) electrons. The van der Waals surface area contributed by atoms with Crippen LogP contribution in [0.4, 0.5) is 0 Å². The molecule has 0 aromatic carbocycles. The van der Waals surface area contributed by atoms with Crippen LogP contribution in [0.25, 0.3) is 0 Å². The molecule has 0 bridgehead atoms. The van der Waals surface area contributed by atoms with Crippen molar-refractivity contribution in [1.29, 1.82) is 0 Å². The van der Waals surface area contributed by atoms with Gasteiger partial charge in [0.15, 0.2) is 0 Å². The van der Waals surface area contributed by atoms with Crippen molar-refractivity contribution in [2.45, 2.75) is 57.3 Å². The molecule has 6 nitrogen and oxygen atoms in total. The van der Waals surface area contributed by atoms with E-state index in [-0.39, 0.29) is 17.6 Å². The molecule has 1 saturated carbocycles. The molecule has 3 rings (SSSR count). The van der Waals surface area contributed by atoms with Gasteiger partial charge in [-0.25, -0.2) is 0 Å². The average molecular weight is 321 g/mol. The van der Waals surface area contributed by atoms with E-state index in [1.54, 1.807) is 7.11 Å². The lowest BCUT2D eigenvalue weighted by Crippen LogP contribution is -2.55. The zero-order valence-electron chi connectivity index (χ0n) is 14.3. The first-order chi connectivity index (χ1) is 11.0. The van der Waals surface area contributed by atoms with Crippen LogP contribution in [-0.2, 0) is 9.47 Å². The molecule has 1 saturated heterocycles. The van der Waals surface area contributed by atoms with E-state index in [9.17, 15) is 4.79 Å². The number of aromatic nitrogens is 2. The molecular weight excluding hydrogens is 294 g/mol. The largest absolute Gasteiger partial charge is 0.382 e. The lowest BCUT2D eigenvalue weighted by Gasteiger charge is -2.42. The second kappa shape index (κ2) is 6.61. The predicted octanol–water partition coefficient (Wildman–Crippen LogP) is 2.26. The molecule has 1 aliphatic heterocycles. The molecular formula is C17H27N3O3. The Kier molecular flexibility index (Phi) is 4.73. The normalized spacial score (nSPS) is 25.0. The van der Waals surface area contributed by atoms with Crippen molar-refractivity contribution in [3.63, 3.8) is 0 Å². The van der Waals surface area contributed by atoms with Crippen molar-refractivity contribution in [2.75, 3.05) is 26.8 Å². The molecule has 0 spiro atoms. The fourth-order valence-electron chi connectivity index (χ4n) is 3.71. The molecule has 6 heteroatoms. The van der Waals surface area contributed by atoms with Gasteiger partial charge in [0, 0.05) is 26.4 Å². The van der Waals surface area contributed by atoms with Crippen LogP contribution in [0.15, 0.2) is 12.3 Å². The molecule has 2 heterocycles. The number of hydrogen-bond acceptors (Lipinski definition) is 4. The van der Waals surface area contributed by atoms with Crippen molar-refractivity contribution in [3.05, 3.63) is 18.0 Å². The van der Waals surface area contributed by atoms with Gasteiger partial charge in [-0.15, -0.1) is 0 Å². The third-order valence-electron chi connectivity index (χ3n) is 4.65. The van der Waals surface area contributed by atoms with Gasteiger partial charge in [-0.2, -0.15) is 5.10 Å². The van der Waals surface area contributed by atoms with Gasteiger partial charge in [-0.05, 0) is 32.8 Å². The number of ether oxygens (including phenoxy) is 2. The van der Waals surface area contributed by atoms with Crippen LogP contribution in [0.1, 0.15) is 56.1 Å². The molecule has 2 aliphatic rings. The number of amides is 1. The summed E-state index contributed by atoms with van der Waals surface area (Å²) in [5.41, 5.74) is 0.163. The highest BCUT2D eigenvalue weighted by Gasteiger charge is 2.36. The summed E-state index contributed by atoms with van der Waals surface area (Å²) in [6.45, 7) is 5.62. The zero-order chi connectivity index (χ0) is 16.4. The first-order valence-corrected chi connectivity index (χ1v) is 8.50. The lowest BCUT2D eigenvalue weighted by molar-refractivity contribution is -0.143. The SMILES string of the molecule is COCC1CN(C(=O)c2ccn(C3CCCC3)n2)CC(C)(C)O1. The van der Waals surface area contributed by atoms with Gasteiger partial charge in [-0.1, -0.05) is 12.8 Å². The Bertz CT molecular complexity index is 549. The Hall–Kier alpha value is -1.40. The summed E-state index contributed by atoms with van der Waals surface area (Å²) in [7, 11) is 1.65. The van der Waals surface area contributed by atoms with Crippen molar-refractivity contribution < 1.29 is 14.3 Å². The summed E-state index contributed by atoms with van der Waals surface area (Å²) in [5, 5.41) is 4.54. The Morgan fingerprint density at radius 3 is 2.87 bits per heavy atom. The van der Waals surface area contributed by atoms with Crippen LogP contribution in [-0.4, -0.2) is 59.1 Å². The third kappa shape index (κ3) is 3.75. The first kappa shape index (κ1) is 16.5. The van der Waals surface area contributed by atoms with Gasteiger partial charge in [0.1, 0.15) is 5.69 Å². The van der Waals surface area contributed by atoms with E-state index in [1.165, 1.54) is 12.8 Å². The standard InChI is InChI=1S/C17H27N3O3/c1-17(2)12-19(10-14(23-17)11-22-3)16(21)15-8-9-20(18-15)13-6-4-5-7-13/h8-9,13-14H,4-7,10-12H2,1-3H3. The summed E-state index contributed by atoms with van der Waals surface area (Å²) < 4.78 is 13.1. The van der Waals surface area contributed by atoms with E-state index in [4.69, 9.17) is 9.47 Å². The molecule has 1 amide bonds. The molecule has 1 unspecified atom stereocenters. The molecule has 1 atom stereocenters. The Labute approximate surface area is 137 Å². The summed E-state index contributed by atoms with van der Waals surface area (Å²) in [6.07, 6.45) is 6.69. The first-order valence-electron chi connectivity index (χ1n) is 8.50. The van der Waals surface area contributed by atoms with Crippen molar-refractivity contribution in [1.82, 2.24) is 14.7 Å². The van der Waals surface area contributed by atoms with Gasteiger partial charge in [0.2, 0.25) is 0 Å². The molecule has 1 aromatic heterocycles. The van der Waals surface area contributed by atoms with Crippen LogP contribution in [0.3, 0.4) is 0 Å². The maximum atomic E-state index is 12.8. The highest BCUT2D eigenvalue weighted by molar-refractivity contribution is 5.92. The fraction of sp³-hybridized carbons (Fsp3) is 0.765. The number of rotatable bonds is 4. The maximum Gasteiger partial charge on any atom is 0.274 e. The smallest absolute Gasteiger partial charge is 0.274 e. The van der Waals surface area contributed by atoms with Crippen LogP contribution < -0.4 is 0 Å². The van der Waals surface area contributed by atoms with Gasteiger partial charge in [0.05, 0.1) is 24.4 Å². The average Bonchev–Trinajstić information content (AvgIpc) is 3.16. The van der Waals surface area contributed by atoms with Gasteiger partial charge in [-0.3, -0.25) is 9.48 Å². The number of carbonyl (C=O) groups excluding carboxylic acids is 1. The monoisotopic (exact) mass is 321 g/mol. The maximum absolute atomic E-state index is 12.8. The van der Waals surface area contributed by atoms with E-state index in [0.717, 1.165) is 12.8 Å². The van der Waals surface area contributed by atoms with Crippen molar-refractivity contribution in [2.24, 2.45) is 0 Å². The van der Waals surface area contributed by atoms with E-state index in [2.05, 4.69) is 5.10 Å². The van der Waals surface area contributed by atoms with Gasteiger partial charge in [0.25, 0.3) is 5.91 Å². The Balaban J connectivity index is 1.71. The predicted molar refractivity (Wildman–Crippen MR) is 86.5 cm³/mol. The van der Waals surface area contributed by atoms with Crippen LogP contribution in [0.2, 0.25) is 0 Å². The summed E-state index contributed by atoms with van der Waals surface area (Å²) >= 11 is 0. The van der Waals surface area contributed by atoms with E-state index < -0.39 is 0 Å². The molecule has 23 heavy (non-hydrogen) atoms. The van der Waals surface area contributed by atoms with Crippen LogP contribution in [0, 0.1) is 0 Å². The number of morpholine rings is 1. The molecule has 2 fully saturated rings. The van der Waals surface area contributed by atoms with Crippen molar-refractivity contribution in [3.8, 4) is 0 Å². The molecule has 1 aliphatic carbocycles. The summed E-state index contributed by atoms with van der Waals surface area (Å²) in [4.78, 5) is 14.7. The van der Waals surface area contributed by atoms with Crippen LogP contribution in [0.5, 0.6) is 0 Å². The second-order valence-corrected chi connectivity index (χ2v) is 7.26. The van der Waals surface area contributed by atoms with Gasteiger partial charge >= 0.3 is 0 Å². The van der Waals surface area contributed by atoms with E-state index in [0.29, 0.717) is 31.4 Å². The topological polar surface area (TPSA) is 56.6 Å². The second-order valence-electron chi connectivity index (χ2n) is 7.26. The molecule has 0 N–H and O–H groups in total. The number of hydrogen-bond donors (Lipinski definition) is 0. The van der Waals surface area contributed by atoms with E-state index in [1.807, 2.05) is 35.7 Å². The minimum Gasteiger partial charge on any atom is -0.382 e. The highest BCUT2D eigenvalue weighted by Crippen LogP contribution is 2.29. The number of methoxy groups -OCH3 is 1.